The van der Waals surface area contributed by atoms with Crippen LogP contribution in [0.4, 0.5) is 11.4 Å². The molecule has 0 spiro atoms. The van der Waals surface area contributed by atoms with E-state index < -0.39 is 0 Å². The van der Waals surface area contributed by atoms with Gasteiger partial charge >= 0.3 is 0 Å². The van der Waals surface area contributed by atoms with Crippen molar-refractivity contribution < 1.29 is 9.53 Å². The Morgan fingerprint density at radius 3 is 2.87 bits per heavy atom. The highest BCUT2D eigenvalue weighted by atomic mass is 16.5. The molecule has 80 valence electrons. The summed E-state index contributed by atoms with van der Waals surface area (Å²) in [7, 11) is 0. The third-order valence-corrected chi connectivity index (χ3v) is 2.44. The summed E-state index contributed by atoms with van der Waals surface area (Å²) in [5, 5.41) is 2.72. The average Bonchev–Trinajstić information content (AvgIpc) is 2.15. The van der Waals surface area contributed by atoms with Gasteiger partial charge in [0.15, 0.2) is 6.61 Å². The van der Waals surface area contributed by atoms with Crippen LogP contribution in [0.2, 0.25) is 0 Å². The van der Waals surface area contributed by atoms with Crippen molar-refractivity contribution in [3.05, 3.63) is 17.7 Å². The van der Waals surface area contributed by atoms with Gasteiger partial charge in [0.1, 0.15) is 5.75 Å². The highest BCUT2D eigenvalue weighted by Crippen LogP contribution is 2.35. The van der Waals surface area contributed by atoms with Crippen LogP contribution < -0.4 is 15.8 Å². The van der Waals surface area contributed by atoms with Crippen molar-refractivity contribution in [1.29, 1.82) is 0 Å². The molecule has 0 aliphatic carbocycles. The van der Waals surface area contributed by atoms with E-state index in [2.05, 4.69) is 19.2 Å². The predicted octanol–water partition coefficient (Wildman–Crippen LogP) is 1.72. The van der Waals surface area contributed by atoms with Gasteiger partial charge < -0.3 is 15.8 Å². The molecule has 0 aromatic heterocycles. The van der Waals surface area contributed by atoms with Crippen molar-refractivity contribution in [3.63, 3.8) is 0 Å². The van der Waals surface area contributed by atoms with E-state index >= 15 is 0 Å². The van der Waals surface area contributed by atoms with Gasteiger partial charge in [0, 0.05) is 5.69 Å². The number of rotatable bonds is 1. The van der Waals surface area contributed by atoms with Crippen LogP contribution in [0, 0.1) is 0 Å². The van der Waals surface area contributed by atoms with Crippen molar-refractivity contribution in [2.24, 2.45) is 0 Å². The molecule has 15 heavy (non-hydrogen) atoms. The maximum atomic E-state index is 11.1. The van der Waals surface area contributed by atoms with Gasteiger partial charge in [0.05, 0.1) is 5.69 Å². The van der Waals surface area contributed by atoms with E-state index in [1.807, 2.05) is 6.07 Å². The molecule has 4 heteroatoms. The second-order valence-corrected chi connectivity index (χ2v) is 3.97. The van der Waals surface area contributed by atoms with Crippen molar-refractivity contribution >= 4 is 17.3 Å². The monoisotopic (exact) mass is 206 g/mol. The van der Waals surface area contributed by atoms with Gasteiger partial charge in [-0.15, -0.1) is 0 Å². The molecule has 0 atom stereocenters. The summed E-state index contributed by atoms with van der Waals surface area (Å²) in [5.74, 6) is 0.906. The Hall–Kier alpha value is -1.71. The van der Waals surface area contributed by atoms with Crippen LogP contribution in [0.25, 0.3) is 0 Å². The fraction of sp³-hybridized carbons (Fsp3) is 0.364. The molecule has 1 aromatic rings. The van der Waals surface area contributed by atoms with E-state index in [0.29, 0.717) is 23.0 Å². The van der Waals surface area contributed by atoms with E-state index in [4.69, 9.17) is 10.5 Å². The molecular weight excluding hydrogens is 192 g/mol. The first-order valence-electron chi connectivity index (χ1n) is 4.94. The zero-order chi connectivity index (χ0) is 11.0. The smallest absolute Gasteiger partial charge is 0.262 e. The van der Waals surface area contributed by atoms with Crippen LogP contribution in [0.3, 0.4) is 0 Å². The molecular formula is C11H14N2O2. The number of ether oxygens (including phenoxy) is 1. The summed E-state index contributed by atoms with van der Waals surface area (Å²) in [6.45, 7) is 4.22. The zero-order valence-electron chi connectivity index (χ0n) is 8.83. The molecule has 1 heterocycles. The number of amides is 1. The van der Waals surface area contributed by atoms with E-state index in [1.165, 1.54) is 0 Å². The minimum Gasteiger partial charge on any atom is -0.482 e. The SMILES string of the molecule is CC(C)c1cc2c(cc1N)NC(=O)CO2. The lowest BCUT2D eigenvalue weighted by Crippen LogP contribution is -2.25. The van der Waals surface area contributed by atoms with Crippen molar-refractivity contribution in [2.45, 2.75) is 19.8 Å². The summed E-state index contributed by atoms with van der Waals surface area (Å²) in [4.78, 5) is 11.1. The van der Waals surface area contributed by atoms with Crippen LogP contribution in [-0.2, 0) is 4.79 Å². The third kappa shape index (κ3) is 1.75. The maximum Gasteiger partial charge on any atom is 0.262 e. The summed E-state index contributed by atoms with van der Waals surface area (Å²) >= 11 is 0. The Morgan fingerprint density at radius 1 is 1.47 bits per heavy atom. The van der Waals surface area contributed by atoms with E-state index in [-0.39, 0.29) is 12.5 Å². The Bertz CT molecular complexity index is 413. The first-order valence-corrected chi connectivity index (χ1v) is 4.94. The van der Waals surface area contributed by atoms with Crippen molar-refractivity contribution in [2.75, 3.05) is 17.7 Å². The number of anilines is 2. The lowest BCUT2D eigenvalue weighted by molar-refractivity contribution is -0.118. The minimum absolute atomic E-state index is 0.0778. The predicted molar refractivity (Wildman–Crippen MR) is 59.1 cm³/mol. The Balaban J connectivity index is 2.46. The van der Waals surface area contributed by atoms with E-state index in [9.17, 15) is 4.79 Å². The molecule has 1 aromatic carbocycles. The summed E-state index contributed by atoms with van der Waals surface area (Å²) in [6, 6.07) is 3.65. The van der Waals surface area contributed by atoms with Gasteiger partial charge in [-0.2, -0.15) is 0 Å². The van der Waals surface area contributed by atoms with Gasteiger partial charge in [-0.3, -0.25) is 4.79 Å². The van der Waals surface area contributed by atoms with Crippen molar-refractivity contribution in [3.8, 4) is 5.75 Å². The molecule has 3 N–H and O–H groups in total. The number of carbonyl (C=O) groups excluding carboxylic acids is 1. The topological polar surface area (TPSA) is 64.3 Å². The number of nitrogens with two attached hydrogens (primary N) is 1. The molecule has 0 fully saturated rings. The van der Waals surface area contributed by atoms with Crippen LogP contribution in [0.1, 0.15) is 25.3 Å². The maximum absolute atomic E-state index is 11.1. The van der Waals surface area contributed by atoms with Gasteiger partial charge in [-0.1, -0.05) is 13.8 Å². The summed E-state index contributed by atoms with van der Waals surface area (Å²) in [6.07, 6.45) is 0. The van der Waals surface area contributed by atoms with Crippen LogP contribution in [-0.4, -0.2) is 12.5 Å². The van der Waals surface area contributed by atoms with E-state index in [1.54, 1.807) is 6.07 Å². The van der Waals surface area contributed by atoms with Crippen LogP contribution in [0.15, 0.2) is 12.1 Å². The fourth-order valence-corrected chi connectivity index (χ4v) is 1.66. The van der Waals surface area contributed by atoms with Crippen LogP contribution >= 0.6 is 0 Å². The van der Waals surface area contributed by atoms with Gasteiger partial charge in [0.2, 0.25) is 0 Å². The normalized spacial score (nSPS) is 14.5. The fourth-order valence-electron chi connectivity index (χ4n) is 1.66. The number of nitrogens with one attached hydrogen (secondary N) is 1. The Morgan fingerprint density at radius 2 is 2.20 bits per heavy atom. The second-order valence-electron chi connectivity index (χ2n) is 3.97. The Labute approximate surface area is 88.4 Å². The first-order chi connectivity index (χ1) is 7.08. The molecule has 0 radical (unpaired) electrons. The highest BCUT2D eigenvalue weighted by molar-refractivity contribution is 5.96. The quantitative estimate of drug-likeness (QED) is 0.688. The van der Waals surface area contributed by atoms with Gasteiger partial charge in [-0.25, -0.2) is 0 Å². The average molecular weight is 206 g/mol. The summed E-state index contributed by atoms with van der Waals surface area (Å²) < 4.78 is 5.31. The third-order valence-electron chi connectivity index (χ3n) is 2.44. The molecule has 0 saturated carbocycles. The molecule has 1 aliphatic heterocycles. The van der Waals surface area contributed by atoms with Crippen molar-refractivity contribution in [1.82, 2.24) is 0 Å². The van der Waals surface area contributed by atoms with Gasteiger partial charge in [-0.05, 0) is 23.6 Å². The second kappa shape index (κ2) is 3.46. The lowest BCUT2D eigenvalue weighted by Gasteiger charge is -2.20. The first kappa shape index (κ1) is 9.83. The highest BCUT2D eigenvalue weighted by Gasteiger charge is 2.18. The number of benzene rings is 1. The number of carbonyl (C=O) groups is 1. The molecule has 4 nitrogen and oxygen atoms in total. The number of hydrogen-bond acceptors (Lipinski definition) is 3. The molecule has 1 amide bonds. The van der Waals surface area contributed by atoms with E-state index in [0.717, 1.165) is 5.56 Å². The molecule has 0 saturated heterocycles. The minimum atomic E-state index is -0.140. The molecule has 0 unspecified atom stereocenters. The molecule has 1 aliphatic rings. The van der Waals surface area contributed by atoms with Crippen LogP contribution in [0.5, 0.6) is 5.75 Å². The molecule has 0 bridgehead atoms. The number of fused-ring (bicyclic) bond motifs is 1. The van der Waals surface area contributed by atoms with Gasteiger partial charge in [0.25, 0.3) is 5.91 Å². The standard InChI is InChI=1S/C11H14N2O2/c1-6(2)7-3-10-9(4-8(7)12)13-11(14)5-15-10/h3-4,6H,5,12H2,1-2H3,(H,13,14). The largest absolute Gasteiger partial charge is 0.482 e. The number of hydrogen-bond donors (Lipinski definition) is 2. The summed E-state index contributed by atoms with van der Waals surface area (Å²) in [5.41, 5.74) is 8.28. The zero-order valence-corrected chi connectivity index (χ0v) is 8.83. The lowest BCUT2D eigenvalue weighted by atomic mass is 10.00. The number of nitrogen functional groups attached to an aromatic ring is 1. The Kier molecular flexibility index (Phi) is 2.26. The molecule has 2 rings (SSSR count).